The monoisotopic (exact) mass is 771 g/mol. The third-order valence-corrected chi connectivity index (χ3v) is 10.4. The van der Waals surface area contributed by atoms with E-state index in [-0.39, 0.29) is 36.2 Å². The summed E-state index contributed by atoms with van der Waals surface area (Å²) in [6, 6.07) is 16.5. The first-order valence-corrected chi connectivity index (χ1v) is 18.2. The van der Waals surface area contributed by atoms with Crippen molar-refractivity contribution in [3.8, 4) is 22.6 Å². The number of rotatable bonds is 12. The van der Waals surface area contributed by atoms with Crippen LogP contribution in [0.3, 0.4) is 0 Å². The molecule has 2 aliphatic rings. The van der Waals surface area contributed by atoms with E-state index >= 15 is 0 Å². The molecular weight excluding hydrogens is 724 g/mol. The lowest BCUT2D eigenvalue weighted by Crippen LogP contribution is -2.45. The molecule has 1 aliphatic carbocycles. The number of nitrogens with one attached hydrogen (secondary N) is 1. The number of hydrogen-bond acceptors (Lipinski definition) is 6. The average Bonchev–Trinajstić information content (AvgIpc) is 3.09. The topological polar surface area (TPSA) is 97.0 Å². The number of hydrogen-bond donors (Lipinski definition) is 3. The number of fused-ring (bicyclic) bond motifs is 1. The van der Waals surface area contributed by atoms with Gasteiger partial charge in [0.2, 0.25) is 0 Å². The van der Waals surface area contributed by atoms with Crippen molar-refractivity contribution in [1.82, 2.24) is 4.90 Å². The zero-order chi connectivity index (χ0) is 40.1. The fraction of sp³-hybridized carbons (Fsp3) is 0.405. The van der Waals surface area contributed by atoms with Crippen LogP contribution in [0.1, 0.15) is 60.8 Å². The van der Waals surface area contributed by atoms with Gasteiger partial charge in [-0.05, 0) is 77.8 Å². The lowest BCUT2D eigenvalue weighted by Gasteiger charge is -2.36. The Hall–Kier alpha value is -4.91. The second-order valence-corrected chi connectivity index (χ2v) is 14.2. The number of carbonyl (C=O) groups is 1. The third-order valence-electron chi connectivity index (χ3n) is 10.4. The van der Waals surface area contributed by atoms with Crippen molar-refractivity contribution in [3.05, 3.63) is 95.3 Å². The predicted molar refractivity (Wildman–Crippen MR) is 203 cm³/mol. The van der Waals surface area contributed by atoms with Crippen LogP contribution in [-0.4, -0.2) is 61.4 Å². The Morgan fingerprint density at radius 1 is 1.02 bits per heavy atom. The second-order valence-electron chi connectivity index (χ2n) is 14.2. The highest BCUT2D eigenvalue weighted by molar-refractivity contribution is 6.01. The molecule has 1 heterocycles. The van der Waals surface area contributed by atoms with Crippen molar-refractivity contribution in [2.45, 2.75) is 76.6 Å². The summed E-state index contributed by atoms with van der Waals surface area (Å²) < 4.78 is 92.1. The summed E-state index contributed by atoms with van der Waals surface area (Å²) in [6.07, 6.45) is -2.26. The van der Waals surface area contributed by atoms with E-state index in [0.717, 1.165) is 45.5 Å². The zero-order valence-electron chi connectivity index (χ0n) is 31.2. The second kappa shape index (κ2) is 17.3. The number of ether oxygens (including phenoxy) is 2. The van der Waals surface area contributed by atoms with Crippen molar-refractivity contribution in [1.29, 1.82) is 0 Å². The van der Waals surface area contributed by atoms with Gasteiger partial charge in [-0.25, -0.2) is 13.2 Å². The van der Waals surface area contributed by atoms with Crippen molar-refractivity contribution in [3.63, 3.8) is 0 Å². The Balaban J connectivity index is 0.000000237. The van der Waals surface area contributed by atoms with Crippen LogP contribution < -0.4 is 20.5 Å². The summed E-state index contributed by atoms with van der Waals surface area (Å²) in [6.45, 7) is 6.22. The molecule has 0 bridgehead atoms. The molecule has 0 amide bonds. The number of likely N-dealkylation sites (tertiary alicyclic amines) is 1. The molecule has 7 nitrogen and oxygen atoms in total. The molecule has 4 aromatic rings. The van der Waals surface area contributed by atoms with Crippen LogP contribution in [0, 0.1) is 18.7 Å². The molecule has 296 valence electrons. The van der Waals surface area contributed by atoms with Crippen LogP contribution in [-0.2, 0) is 17.8 Å². The van der Waals surface area contributed by atoms with Crippen LogP contribution in [0.4, 0.5) is 32.0 Å². The van der Waals surface area contributed by atoms with Gasteiger partial charge < -0.3 is 25.6 Å². The minimum atomic E-state index is -4.36. The van der Waals surface area contributed by atoms with Gasteiger partial charge in [0.15, 0.2) is 0 Å². The Morgan fingerprint density at radius 3 is 2.25 bits per heavy atom. The number of nitrogens with zero attached hydrogens (tertiary/aromatic N) is 1. The number of aryl methyl sites for hydroxylation is 2. The first-order chi connectivity index (χ1) is 26.0. The molecule has 13 heteroatoms. The smallest absolute Gasteiger partial charge is 0.408 e. The Kier molecular flexibility index (Phi) is 13.0. The summed E-state index contributed by atoms with van der Waals surface area (Å²) in [7, 11) is 3.21. The molecule has 6 rings (SSSR count). The lowest BCUT2D eigenvalue weighted by atomic mass is 9.79. The number of carboxylic acid groups (broad SMARTS) is 1. The summed E-state index contributed by atoms with van der Waals surface area (Å²) in [5.41, 5.74) is 9.83. The molecule has 0 aromatic heterocycles. The van der Waals surface area contributed by atoms with Crippen LogP contribution >= 0.6 is 0 Å². The predicted octanol–water partition coefficient (Wildman–Crippen LogP) is 9.98. The largest absolute Gasteiger partial charge is 0.496 e. The van der Waals surface area contributed by atoms with E-state index in [0.29, 0.717) is 56.0 Å². The molecule has 4 N–H and O–H groups in total. The van der Waals surface area contributed by atoms with E-state index in [1.165, 1.54) is 6.07 Å². The Labute approximate surface area is 317 Å². The summed E-state index contributed by atoms with van der Waals surface area (Å²) >= 11 is 0. The van der Waals surface area contributed by atoms with Gasteiger partial charge in [0.05, 0.1) is 19.8 Å². The quantitative estimate of drug-likeness (QED) is 0.123. The number of methoxy groups -OCH3 is 2. The maximum absolute atomic E-state index is 13.9. The number of piperidine rings is 1. The average molecular weight is 772 g/mol. The van der Waals surface area contributed by atoms with Crippen LogP contribution in [0.15, 0.2) is 67.2 Å². The number of aliphatic carboxylic acids is 1. The van der Waals surface area contributed by atoms with E-state index < -0.39 is 35.8 Å². The van der Waals surface area contributed by atoms with Crippen molar-refractivity contribution < 1.29 is 45.7 Å². The summed E-state index contributed by atoms with van der Waals surface area (Å²) in [4.78, 5) is 13.1. The molecule has 1 aliphatic heterocycles. The van der Waals surface area contributed by atoms with Gasteiger partial charge in [0, 0.05) is 61.4 Å². The van der Waals surface area contributed by atoms with Crippen LogP contribution in [0.5, 0.6) is 11.5 Å². The van der Waals surface area contributed by atoms with Crippen molar-refractivity contribution in [2.24, 2.45) is 11.7 Å². The van der Waals surface area contributed by atoms with Crippen molar-refractivity contribution in [2.75, 3.05) is 32.6 Å². The van der Waals surface area contributed by atoms with Gasteiger partial charge in [0.25, 0.3) is 5.92 Å². The van der Waals surface area contributed by atoms with Gasteiger partial charge in [-0.15, -0.1) is 0 Å². The van der Waals surface area contributed by atoms with Gasteiger partial charge in [-0.2, -0.15) is 13.2 Å². The highest BCUT2D eigenvalue weighted by Crippen LogP contribution is 2.45. The molecule has 1 saturated carbocycles. The molecule has 2 fully saturated rings. The molecule has 55 heavy (non-hydrogen) atoms. The third kappa shape index (κ3) is 9.86. The molecule has 1 saturated heterocycles. The van der Waals surface area contributed by atoms with Crippen molar-refractivity contribution >= 4 is 28.1 Å². The number of benzene rings is 4. The minimum Gasteiger partial charge on any atom is -0.496 e. The van der Waals surface area contributed by atoms with Gasteiger partial charge in [0.1, 0.15) is 23.4 Å². The van der Waals surface area contributed by atoms with E-state index in [9.17, 15) is 31.1 Å². The molecule has 1 unspecified atom stereocenters. The van der Waals surface area contributed by atoms with Crippen LogP contribution in [0.25, 0.3) is 27.6 Å². The maximum atomic E-state index is 13.9. The van der Waals surface area contributed by atoms with Gasteiger partial charge >= 0.3 is 12.1 Å². The number of anilines is 1. The summed E-state index contributed by atoms with van der Waals surface area (Å²) in [5.74, 6) is -3.24. The highest BCUT2D eigenvalue weighted by Gasteiger charge is 2.46. The first-order valence-electron chi connectivity index (χ1n) is 18.2. The molecule has 4 aromatic carbocycles. The zero-order valence-corrected chi connectivity index (χ0v) is 31.2. The number of nitrogens with two attached hydrogens (primary N) is 1. The van der Waals surface area contributed by atoms with Gasteiger partial charge in [-0.3, -0.25) is 9.69 Å². The van der Waals surface area contributed by atoms with Gasteiger partial charge in [-0.1, -0.05) is 55.5 Å². The first kappa shape index (κ1) is 41.3. The molecule has 0 radical (unpaired) electrons. The minimum absolute atomic E-state index is 0.0559. The fourth-order valence-electron chi connectivity index (χ4n) is 7.38. The van der Waals surface area contributed by atoms with E-state index in [2.05, 4.69) is 11.9 Å². The molecule has 0 spiro atoms. The number of halogens is 6. The highest BCUT2D eigenvalue weighted by atomic mass is 19.4. The summed E-state index contributed by atoms with van der Waals surface area (Å²) in [5, 5.41) is 13.5. The Morgan fingerprint density at radius 2 is 1.69 bits per heavy atom. The lowest BCUT2D eigenvalue weighted by molar-refractivity contribution is -0.159. The van der Waals surface area contributed by atoms with E-state index in [1.807, 2.05) is 53.4 Å². The normalized spacial score (nSPS) is 16.4. The Bertz CT molecular complexity index is 1980. The number of carboxylic acids is 1. The molecule has 1 atom stereocenters. The SMILES string of the molecule is C=C(N)c1c(C)cc(NC(C2CCC2)C(F)(F)F)cc1F.COc1ccc(CN2CCC(F)(F)CC2)c(OC)c1-c1cccc2c(CCC(=O)O)cccc12. The van der Waals surface area contributed by atoms with E-state index in [1.54, 1.807) is 21.1 Å². The fourth-order valence-corrected chi connectivity index (χ4v) is 7.38. The van der Waals surface area contributed by atoms with Crippen LogP contribution in [0.2, 0.25) is 0 Å². The maximum Gasteiger partial charge on any atom is 0.408 e. The van der Waals surface area contributed by atoms with E-state index in [4.69, 9.17) is 20.3 Å². The number of alkyl halides is 5. The molecular formula is C42H47F6N3O4. The standard InChI is InChI=1S/C27H29F2NO4.C15H18F4N2/c1-33-23-11-9-19(17-30-15-13-27(28,29)14-16-30)26(34-2)25(23)22-8-4-6-20-18(10-12-24(31)32)5-3-7-21(20)22;1-8-6-11(7-12(16)13(8)9(2)20)21-14(15(17,18)19)10-4-3-5-10/h3-9,11H,10,12-17H2,1-2H3,(H,31,32);6-7,10,14,21H,2-5,20H2,1H3.